The van der Waals surface area contributed by atoms with Crippen molar-refractivity contribution >= 4 is 27.8 Å². The zero-order chi connectivity index (χ0) is 16.8. The SMILES string of the molecule is COc1ccc(Br)cc1CC(=O)N1CCC[C@@H](CCC(=O)O)C1. The molecule has 1 fully saturated rings. The van der Waals surface area contributed by atoms with Gasteiger partial charge in [-0.25, -0.2) is 0 Å². The molecule has 2 rings (SSSR count). The number of piperidine rings is 1. The number of likely N-dealkylation sites (tertiary alicyclic amines) is 1. The van der Waals surface area contributed by atoms with Gasteiger partial charge in [0.1, 0.15) is 5.75 Å². The first-order chi connectivity index (χ1) is 11.0. The highest BCUT2D eigenvalue weighted by Gasteiger charge is 2.24. The van der Waals surface area contributed by atoms with Gasteiger partial charge in [-0.15, -0.1) is 0 Å². The second kappa shape index (κ2) is 8.34. The molecule has 126 valence electrons. The number of hydrogen-bond donors (Lipinski definition) is 1. The molecule has 5 nitrogen and oxygen atoms in total. The molecule has 1 saturated heterocycles. The van der Waals surface area contributed by atoms with E-state index in [1.165, 1.54) is 0 Å². The highest BCUT2D eigenvalue weighted by molar-refractivity contribution is 9.10. The Morgan fingerprint density at radius 2 is 2.22 bits per heavy atom. The fourth-order valence-corrected chi connectivity index (χ4v) is 3.42. The monoisotopic (exact) mass is 383 g/mol. The van der Waals surface area contributed by atoms with Gasteiger partial charge in [0.05, 0.1) is 13.5 Å². The molecule has 0 spiro atoms. The lowest BCUT2D eigenvalue weighted by Gasteiger charge is -2.33. The number of nitrogens with zero attached hydrogens (tertiary/aromatic N) is 1. The number of carboxylic acid groups (broad SMARTS) is 1. The Labute approximate surface area is 144 Å². The van der Waals surface area contributed by atoms with Crippen LogP contribution in [0.5, 0.6) is 5.75 Å². The number of halogens is 1. The first-order valence-corrected chi connectivity index (χ1v) is 8.61. The number of carbonyl (C=O) groups excluding carboxylic acids is 1. The number of ether oxygens (including phenoxy) is 1. The minimum absolute atomic E-state index is 0.0708. The van der Waals surface area contributed by atoms with Crippen molar-refractivity contribution in [3.63, 3.8) is 0 Å². The van der Waals surface area contributed by atoms with Crippen LogP contribution in [0, 0.1) is 5.92 Å². The van der Waals surface area contributed by atoms with E-state index in [1.54, 1.807) is 7.11 Å². The molecule has 1 aliphatic heterocycles. The van der Waals surface area contributed by atoms with Crippen LogP contribution in [0.1, 0.15) is 31.2 Å². The van der Waals surface area contributed by atoms with Crippen LogP contribution in [-0.4, -0.2) is 42.1 Å². The molecule has 0 aromatic heterocycles. The average molecular weight is 384 g/mol. The van der Waals surface area contributed by atoms with E-state index in [2.05, 4.69) is 15.9 Å². The van der Waals surface area contributed by atoms with Crippen LogP contribution >= 0.6 is 15.9 Å². The maximum atomic E-state index is 12.6. The third-order valence-corrected chi connectivity index (χ3v) is 4.72. The summed E-state index contributed by atoms with van der Waals surface area (Å²) in [5.74, 6) is 0.294. The topological polar surface area (TPSA) is 66.8 Å². The van der Waals surface area contributed by atoms with Gasteiger partial charge in [0.2, 0.25) is 5.91 Å². The Hall–Kier alpha value is -1.56. The molecule has 1 heterocycles. The van der Waals surface area contributed by atoms with Crippen molar-refractivity contribution in [1.82, 2.24) is 4.90 Å². The van der Waals surface area contributed by atoms with Gasteiger partial charge in [-0.2, -0.15) is 0 Å². The third kappa shape index (κ3) is 5.23. The quantitative estimate of drug-likeness (QED) is 0.819. The summed E-state index contributed by atoms with van der Waals surface area (Å²) in [5.41, 5.74) is 0.861. The summed E-state index contributed by atoms with van der Waals surface area (Å²) in [7, 11) is 1.60. The molecule has 0 aliphatic carbocycles. The Balaban J connectivity index is 1.97. The van der Waals surface area contributed by atoms with Gasteiger partial charge in [-0.3, -0.25) is 9.59 Å². The van der Waals surface area contributed by atoms with Crippen molar-refractivity contribution in [1.29, 1.82) is 0 Å². The second-order valence-corrected chi connectivity index (χ2v) is 6.83. The van der Waals surface area contributed by atoms with E-state index in [-0.39, 0.29) is 18.2 Å². The van der Waals surface area contributed by atoms with E-state index in [1.807, 2.05) is 23.1 Å². The standard InChI is InChI=1S/C17H22BrNO4/c1-23-15-6-5-14(18)9-13(15)10-16(20)19-8-2-3-12(11-19)4-7-17(21)22/h5-6,9,12H,2-4,7-8,10-11H2,1H3,(H,21,22)/t12-/m0/s1. The maximum Gasteiger partial charge on any atom is 0.303 e. The molecule has 1 atom stereocenters. The highest BCUT2D eigenvalue weighted by Crippen LogP contribution is 2.26. The Kier molecular flexibility index (Phi) is 6.45. The fraction of sp³-hybridized carbons (Fsp3) is 0.529. The zero-order valence-corrected chi connectivity index (χ0v) is 14.8. The molecule has 6 heteroatoms. The Morgan fingerprint density at radius 3 is 2.91 bits per heavy atom. The summed E-state index contributed by atoms with van der Waals surface area (Å²) in [6.45, 7) is 1.40. The van der Waals surface area contributed by atoms with Crippen LogP contribution in [0.2, 0.25) is 0 Å². The van der Waals surface area contributed by atoms with Crippen LogP contribution in [-0.2, 0) is 16.0 Å². The molecule has 0 bridgehead atoms. The summed E-state index contributed by atoms with van der Waals surface area (Å²) >= 11 is 3.42. The molecule has 23 heavy (non-hydrogen) atoms. The summed E-state index contributed by atoms with van der Waals surface area (Å²) < 4.78 is 6.23. The normalized spacial score (nSPS) is 17.8. The Morgan fingerprint density at radius 1 is 1.43 bits per heavy atom. The molecule has 1 N–H and O–H groups in total. The summed E-state index contributed by atoms with van der Waals surface area (Å²) in [6, 6.07) is 5.64. The molecular weight excluding hydrogens is 362 g/mol. The van der Waals surface area contributed by atoms with Crippen LogP contribution in [0.3, 0.4) is 0 Å². The molecule has 0 radical (unpaired) electrons. The third-order valence-electron chi connectivity index (χ3n) is 4.22. The summed E-state index contributed by atoms with van der Waals surface area (Å²) in [4.78, 5) is 25.1. The number of rotatable bonds is 6. The molecule has 1 aromatic rings. The number of hydrogen-bond acceptors (Lipinski definition) is 3. The molecule has 0 unspecified atom stereocenters. The van der Waals surface area contributed by atoms with Crippen molar-refractivity contribution in [3.05, 3.63) is 28.2 Å². The van der Waals surface area contributed by atoms with Crippen molar-refractivity contribution in [2.75, 3.05) is 20.2 Å². The van der Waals surface area contributed by atoms with E-state index >= 15 is 0 Å². The molecular formula is C17H22BrNO4. The molecule has 1 aromatic carbocycles. The van der Waals surface area contributed by atoms with Crippen LogP contribution < -0.4 is 4.74 Å². The number of carboxylic acids is 1. The maximum absolute atomic E-state index is 12.6. The number of carbonyl (C=O) groups is 2. The lowest BCUT2D eigenvalue weighted by Crippen LogP contribution is -2.40. The number of aliphatic carboxylic acids is 1. The van der Waals surface area contributed by atoms with Gasteiger partial charge in [0, 0.05) is 29.5 Å². The summed E-state index contributed by atoms with van der Waals surface area (Å²) in [6.07, 6.45) is 3.04. The second-order valence-electron chi connectivity index (χ2n) is 5.91. The van der Waals surface area contributed by atoms with Crippen LogP contribution in [0.15, 0.2) is 22.7 Å². The molecule has 1 amide bonds. The number of methoxy groups -OCH3 is 1. The predicted octanol–water partition coefficient (Wildman–Crippen LogP) is 3.10. The lowest BCUT2D eigenvalue weighted by atomic mass is 9.93. The van der Waals surface area contributed by atoms with Crippen molar-refractivity contribution in [2.24, 2.45) is 5.92 Å². The van der Waals surface area contributed by atoms with Crippen molar-refractivity contribution in [3.8, 4) is 5.75 Å². The zero-order valence-electron chi connectivity index (χ0n) is 13.3. The van der Waals surface area contributed by atoms with Crippen molar-refractivity contribution < 1.29 is 19.4 Å². The van der Waals surface area contributed by atoms with Crippen LogP contribution in [0.25, 0.3) is 0 Å². The van der Waals surface area contributed by atoms with E-state index < -0.39 is 5.97 Å². The van der Waals surface area contributed by atoms with Crippen LogP contribution in [0.4, 0.5) is 0 Å². The number of amides is 1. The number of benzene rings is 1. The first-order valence-electron chi connectivity index (χ1n) is 7.81. The lowest BCUT2D eigenvalue weighted by molar-refractivity contribution is -0.137. The summed E-state index contributed by atoms with van der Waals surface area (Å²) in [5, 5.41) is 8.80. The minimum Gasteiger partial charge on any atom is -0.496 e. The smallest absolute Gasteiger partial charge is 0.303 e. The van der Waals surface area contributed by atoms with Gasteiger partial charge in [-0.1, -0.05) is 15.9 Å². The Bertz CT molecular complexity index is 576. The van der Waals surface area contributed by atoms with Gasteiger partial charge in [0.15, 0.2) is 0 Å². The van der Waals surface area contributed by atoms with E-state index in [0.29, 0.717) is 25.1 Å². The highest BCUT2D eigenvalue weighted by atomic mass is 79.9. The van der Waals surface area contributed by atoms with E-state index in [9.17, 15) is 9.59 Å². The average Bonchev–Trinajstić information content (AvgIpc) is 2.53. The van der Waals surface area contributed by atoms with E-state index in [4.69, 9.17) is 9.84 Å². The van der Waals surface area contributed by atoms with Gasteiger partial charge in [0.25, 0.3) is 0 Å². The fourth-order valence-electron chi connectivity index (χ4n) is 3.01. The molecule has 0 saturated carbocycles. The minimum atomic E-state index is -0.771. The largest absolute Gasteiger partial charge is 0.496 e. The van der Waals surface area contributed by atoms with Crippen molar-refractivity contribution in [2.45, 2.75) is 32.1 Å². The van der Waals surface area contributed by atoms with Gasteiger partial charge >= 0.3 is 5.97 Å². The van der Waals surface area contributed by atoms with E-state index in [0.717, 1.165) is 29.4 Å². The van der Waals surface area contributed by atoms with Gasteiger partial charge < -0.3 is 14.7 Å². The molecule has 1 aliphatic rings. The van der Waals surface area contributed by atoms with Gasteiger partial charge in [-0.05, 0) is 43.4 Å². The first kappa shape index (κ1) is 17.8. The predicted molar refractivity (Wildman–Crippen MR) is 90.6 cm³/mol.